The van der Waals surface area contributed by atoms with Crippen LogP contribution in [0.25, 0.3) is 0 Å². The number of aryl methyl sites for hydroxylation is 1. The largest absolute Gasteiger partial charge is 0.374 e. The lowest BCUT2D eigenvalue weighted by Gasteiger charge is -2.34. The highest BCUT2D eigenvalue weighted by molar-refractivity contribution is 5.98. The molecule has 0 unspecified atom stereocenters. The lowest BCUT2D eigenvalue weighted by Crippen LogP contribution is -2.62. The van der Waals surface area contributed by atoms with Gasteiger partial charge in [0.2, 0.25) is 11.8 Å². The van der Waals surface area contributed by atoms with Gasteiger partial charge in [-0.15, -0.1) is 0 Å². The van der Waals surface area contributed by atoms with Gasteiger partial charge in [0.1, 0.15) is 12.1 Å². The maximum Gasteiger partial charge on any atom is 0.319 e. The summed E-state index contributed by atoms with van der Waals surface area (Å²) in [6, 6.07) is 15.4. The van der Waals surface area contributed by atoms with Gasteiger partial charge in [-0.05, 0) is 36.1 Å². The second-order valence-corrected chi connectivity index (χ2v) is 8.15. The molecule has 2 aromatic carbocycles. The third kappa shape index (κ3) is 5.08. The molecule has 8 heteroatoms. The van der Waals surface area contributed by atoms with E-state index < -0.39 is 12.1 Å². The van der Waals surface area contributed by atoms with E-state index in [-0.39, 0.29) is 30.5 Å². The van der Waals surface area contributed by atoms with Crippen molar-refractivity contribution in [1.82, 2.24) is 15.5 Å². The van der Waals surface area contributed by atoms with Crippen LogP contribution >= 0.6 is 0 Å². The summed E-state index contributed by atoms with van der Waals surface area (Å²) >= 11 is 0. The molecule has 2 aromatic rings. The van der Waals surface area contributed by atoms with Crippen molar-refractivity contribution in [2.45, 2.75) is 44.5 Å². The predicted molar refractivity (Wildman–Crippen MR) is 120 cm³/mol. The fourth-order valence-electron chi connectivity index (χ4n) is 4.12. The van der Waals surface area contributed by atoms with Crippen LogP contribution in [0.15, 0.2) is 54.6 Å². The maximum atomic E-state index is 12.9. The Morgan fingerprint density at radius 3 is 2.56 bits per heavy atom. The first-order chi connectivity index (χ1) is 15.5. The molecule has 2 aliphatic rings. The number of fused-ring (bicyclic) bond motifs is 1. The van der Waals surface area contributed by atoms with Crippen molar-refractivity contribution in [2.24, 2.45) is 0 Å². The number of ether oxygens (including phenoxy) is 1. The van der Waals surface area contributed by atoms with Gasteiger partial charge in [-0.3, -0.25) is 9.59 Å². The van der Waals surface area contributed by atoms with Gasteiger partial charge in [-0.1, -0.05) is 49.4 Å². The molecule has 0 aromatic heterocycles. The molecule has 2 heterocycles. The number of amides is 4. The van der Waals surface area contributed by atoms with Crippen LogP contribution in [0.2, 0.25) is 0 Å². The topological polar surface area (TPSA) is 99.8 Å². The standard InChI is InChI=1S/C24H28N4O4/c1-2-16-8-10-18(11-9-16)25-24(31)26-19-12-21-22(29)27-20(23(30)28(21)13-19)15-32-14-17-6-4-3-5-7-17/h3-11,19-21H,2,12-15H2,1H3,(H,27,29)(H2,25,26,31)/t19-,20-,21-/m0/s1. The number of nitrogens with zero attached hydrogens (tertiary/aromatic N) is 1. The van der Waals surface area contributed by atoms with Crippen molar-refractivity contribution in [1.29, 1.82) is 0 Å². The Hall–Kier alpha value is -3.39. The molecule has 168 valence electrons. The molecule has 0 radical (unpaired) electrons. The van der Waals surface area contributed by atoms with E-state index in [4.69, 9.17) is 4.74 Å². The number of carbonyl (C=O) groups excluding carboxylic acids is 3. The van der Waals surface area contributed by atoms with E-state index in [1.165, 1.54) is 5.56 Å². The van der Waals surface area contributed by atoms with Crippen molar-refractivity contribution in [3.05, 3.63) is 65.7 Å². The lowest BCUT2D eigenvalue weighted by molar-refractivity contribution is -0.148. The van der Waals surface area contributed by atoms with Gasteiger partial charge in [-0.25, -0.2) is 4.79 Å². The molecule has 3 atom stereocenters. The highest BCUT2D eigenvalue weighted by Gasteiger charge is 2.46. The van der Waals surface area contributed by atoms with Crippen LogP contribution in [0.1, 0.15) is 24.5 Å². The fourth-order valence-corrected chi connectivity index (χ4v) is 4.12. The van der Waals surface area contributed by atoms with E-state index in [1.54, 1.807) is 4.90 Å². The Bertz CT molecular complexity index is 964. The number of benzene rings is 2. The third-order valence-electron chi connectivity index (χ3n) is 5.85. The number of carbonyl (C=O) groups is 3. The summed E-state index contributed by atoms with van der Waals surface area (Å²) in [5.74, 6) is -0.389. The van der Waals surface area contributed by atoms with Gasteiger partial charge >= 0.3 is 6.03 Å². The second kappa shape index (κ2) is 9.82. The molecule has 2 fully saturated rings. The molecule has 32 heavy (non-hydrogen) atoms. The molecule has 0 saturated carbocycles. The second-order valence-electron chi connectivity index (χ2n) is 8.15. The zero-order chi connectivity index (χ0) is 22.5. The average molecular weight is 437 g/mol. The monoisotopic (exact) mass is 436 g/mol. The zero-order valence-electron chi connectivity index (χ0n) is 18.0. The van der Waals surface area contributed by atoms with Crippen molar-refractivity contribution in [2.75, 3.05) is 18.5 Å². The predicted octanol–water partition coefficient (Wildman–Crippen LogP) is 2.06. The first kappa shape index (κ1) is 21.8. The van der Waals surface area contributed by atoms with Gasteiger partial charge in [0.05, 0.1) is 19.3 Å². The number of urea groups is 1. The SMILES string of the molecule is CCc1ccc(NC(=O)N[C@H]2C[C@H]3C(=O)N[C@@H](COCc4ccccc4)C(=O)N3C2)cc1. The average Bonchev–Trinajstić information content (AvgIpc) is 3.23. The van der Waals surface area contributed by atoms with Crippen LogP contribution in [0.4, 0.5) is 10.5 Å². The smallest absolute Gasteiger partial charge is 0.319 e. The first-order valence-electron chi connectivity index (χ1n) is 10.9. The van der Waals surface area contributed by atoms with Crippen LogP contribution in [-0.2, 0) is 27.4 Å². The summed E-state index contributed by atoms with van der Waals surface area (Å²) in [7, 11) is 0. The molecule has 0 aliphatic carbocycles. The molecule has 0 bridgehead atoms. The Labute approximate surface area is 187 Å². The maximum absolute atomic E-state index is 12.9. The van der Waals surface area contributed by atoms with Crippen LogP contribution in [0.3, 0.4) is 0 Å². The van der Waals surface area contributed by atoms with Gasteiger partial charge < -0.3 is 25.6 Å². The zero-order valence-corrected chi connectivity index (χ0v) is 18.0. The van der Waals surface area contributed by atoms with E-state index in [1.807, 2.05) is 54.6 Å². The Morgan fingerprint density at radius 2 is 1.84 bits per heavy atom. The van der Waals surface area contributed by atoms with Crippen molar-refractivity contribution >= 4 is 23.5 Å². The normalized spacial score (nSPS) is 22.3. The van der Waals surface area contributed by atoms with Gasteiger partial charge in [0.15, 0.2) is 0 Å². The molecule has 4 amide bonds. The lowest BCUT2D eigenvalue weighted by atomic mass is 10.1. The summed E-state index contributed by atoms with van der Waals surface area (Å²) in [5, 5.41) is 8.44. The number of rotatable bonds is 7. The quantitative estimate of drug-likeness (QED) is 0.619. The molecule has 2 aliphatic heterocycles. The fraction of sp³-hybridized carbons (Fsp3) is 0.375. The molecule has 3 N–H and O–H groups in total. The molecule has 4 rings (SSSR count). The molecule has 2 saturated heterocycles. The van der Waals surface area contributed by atoms with Crippen LogP contribution in [-0.4, -0.2) is 54.0 Å². The third-order valence-corrected chi connectivity index (χ3v) is 5.85. The van der Waals surface area contributed by atoms with E-state index in [0.29, 0.717) is 25.3 Å². The van der Waals surface area contributed by atoms with E-state index in [9.17, 15) is 14.4 Å². The van der Waals surface area contributed by atoms with Crippen molar-refractivity contribution < 1.29 is 19.1 Å². The van der Waals surface area contributed by atoms with Crippen LogP contribution < -0.4 is 16.0 Å². The van der Waals surface area contributed by atoms with E-state index in [0.717, 1.165) is 12.0 Å². The minimum Gasteiger partial charge on any atom is -0.374 e. The number of hydrogen-bond donors (Lipinski definition) is 3. The number of nitrogens with one attached hydrogen (secondary N) is 3. The Kier molecular flexibility index (Phi) is 6.70. The highest BCUT2D eigenvalue weighted by Crippen LogP contribution is 2.23. The summed E-state index contributed by atoms with van der Waals surface area (Å²) in [6.45, 7) is 2.85. The Balaban J connectivity index is 1.28. The summed E-state index contributed by atoms with van der Waals surface area (Å²) in [6.07, 6.45) is 1.32. The van der Waals surface area contributed by atoms with Gasteiger partial charge in [0, 0.05) is 12.2 Å². The van der Waals surface area contributed by atoms with Crippen molar-refractivity contribution in [3.63, 3.8) is 0 Å². The summed E-state index contributed by atoms with van der Waals surface area (Å²) in [5.41, 5.74) is 2.89. The number of anilines is 1. The number of hydrogen-bond acceptors (Lipinski definition) is 4. The molecule has 8 nitrogen and oxygen atoms in total. The summed E-state index contributed by atoms with van der Waals surface area (Å²) in [4.78, 5) is 39.4. The summed E-state index contributed by atoms with van der Waals surface area (Å²) < 4.78 is 5.66. The van der Waals surface area contributed by atoms with Gasteiger partial charge in [-0.2, -0.15) is 0 Å². The van der Waals surface area contributed by atoms with Crippen molar-refractivity contribution in [3.8, 4) is 0 Å². The minimum atomic E-state index is -0.716. The molecule has 0 spiro atoms. The van der Waals surface area contributed by atoms with E-state index in [2.05, 4.69) is 22.9 Å². The number of piperazine rings is 1. The molecular weight excluding hydrogens is 408 g/mol. The van der Waals surface area contributed by atoms with Gasteiger partial charge in [0.25, 0.3) is 0 Å². The highest BCUT2D eigenvalue weighted by atomic mass is 16.5. The first-order valence-corrected chi connectivity index (χ1v) is 10.9. The van der Waals surface area contributed by atoms with Crippen LogP contribution in [0.5, 0.6) is 0 Å². The Morgan fingerprint density at radius 1 is 1.09 bits per heavy atom. The van der Waals surface area contributed by atoms with Crippen LogP contribution in [0, 0.1) is 0 Å². The molecular formula is C24H28N4O4. The minimum absolute atomic E-state index is 0.106. The van der Waals surface area contributed by atoms with E-state index >= 15 is 0 Å².